The van der Waals surface area contributed by atoms with E-state index in [1.807, 2.05) is 32.0 Å². The van der Waals surface area contributed by atoms with Gasteiger partial charge in [0.2, 0.25) is 17.6 Å². The molecule has 2 unspecified atom stereocenters. The zero-order valence-corrected chi connectivity index (χ0v) is 16.5. The predicted molar refractivity (Wildman–Crippen MR) is 103 cm³/mol. The molecular formula is C22H27NO5. The molecule has 0 N–H and O–H groups in total. The number of Topliss-reactive ketones (excluding diaryl/α,β-unsaturated/α-hetero) is 1. The van der Waals surface area contributed by atoms with Crippen LogP contribution in [-0.4, -0.2) is 41.6 Å². The topological polar surface area (TPSA) is 80.8 Å². The molecule has 1 saturated heterocycles. The molecular weight excluding hydrogens is 358 g/mol. The highest BCUT2D eigenvalue weighted by Crippen LogP contribution is 2.37. The summed E-state index contributed by atoms with van der Waals surface area (Å²) in [6.07, 6.45) is 4.79. The largest absolute Gasteiger partial charge is 0.456 e. The van der Waals surface area contributed by atoms with Crippen LogP contribution >= 0.6 is 0 Å². The number of likely N-dealkylation sites (tertiary alicyclic amines) is 1. The van der Waals surface area contributed by atoms with Crippen LogP contribution in [-0.2, 0) is 32.0 Å². The van der Waals surface area contributed by atoms with Crippen molar-refractivity contribution in [2.45, 2.75) is 52.4 Å². The highest BCUT2D eigenvalue weighted by Gasteiger charge is 2.48. The number of imide groups is 1. The van der Waals surface area contributed by atoms with Gasteiger partial charge in [-0.25, -0.2) is 0 Å². The highest BCUT2D eigenvalue weighted by atomic mass is 16.5. The zero-order valence-electron chi connectivity index (χ0n) is 16.5. The summed E-state index contributed by atoms with van der Waals surface area (Å²) in [6.45, 7) is 3.18. The summed E-state index contributed by atoms with van der Waals surface area (Å²) in [4.78, 5) is 50.6. The van der Waals surface area contributed by atoms with E-state index in [4.69, 9.17) is 4.74 Å². The average Bonchev–Trinajstić information content (AvgIpc) is 2.96. The Morgan fingerprint density at radius 2 is 1.68 bits per heavy atom. The molecule has 1 heterocycles. The first-order valence-electron chi connectivity index (χ1n) is 10.1. The highest BCUT2D eigenvalue weighted by molar-refractivity contribution is 6.07. The van der Waals surface area contributed by atoms with E-state index >= 15 is 0 Å². The number of carbonyl (C=O) groups excluding carboxylic acids is 4. The molecule has 28 heavy (non-hydrogen) atoms. The van der Waals surface area contributed by atoms with Crippen molar-refractivity contribution in [3.05, 3.63) is 34.9 Å². The summed E-state index contributed by atoms with van der Waals surface area (Å²) in [6, 6.07) is 5.76. The average molecular weight is 385 g/mol. The Hall–Kier alpha value is -2.50. The number of hydrogen-bond donors (Lipinski definition) is 0. The predicted octanol–water partition coefficient (Wildman–Crippen LogP) is 2.71. The molecule has 0 spiro atoms. The van der Waals surface area contributed by atoms with Crippen LogP contribution in [0.3, 0.4) is 0 Å². The van der Waals surface area contributed by atoms with E-state index < -0.39 is 12.5 Å². The second kappa shape index (κ2) is 8.67. The summed E-state index contributed by atoms with van der Waals surface area (Å²) in [5.74, 6) is -2.13. The zero-order chi connectivity index (χ0) is 20.3. The summed E-state index contributed by atoms with van der Waals surface area (Å²) < 4.78 is 5.11. The number of ketones is 1. The van der Waals surface area contributed by atoms with Crippen LogP contribution in [0.2, 0.25) is 0 Å². The third-order valence-corrected chi connectivity index (χ3v) is 5.85. The third kappa shape index (κ3) is 4.01. The lowest BCUT2D eigenvalue weighted by molar-refractivity contribution is -0.152. The summed E-state index contributed by atoms with van der Waals surface area (Å²) in [5.41, 5.74) is 2.52. The van der Waals surface area contributed by atoms with E-state index in [0.29, 0.717) is 24.8 Å². The minimum atomic E-state index is -0.724. The van der Waals surface area contributed by atoms with E-state index in [2.05, 4.69) is 0 Å². The van der Waals surface area contributed by atoms with Gasteiger partial charge in [-0.2, -0.15) is 0 Å². The maximum absolute atomic E-state index is 12.5. The number of nitrogens with zero attached hydrogens (tertiary/aromatic N) is 1. The number of esters is 1. The standard InChI is InChI=1S/C22H27NO5/c1-3-14-9-10-15(4-2)18(11-14)19(24)13-28-20(25)12-23-21(26)16-7-5-6-8-17(16)22(23)27/h9-11,16-17H,3-8,12-13H2,1-2H3. The molecule has 6 heteroatoms. The van der Waals surface area contributed by atoms with Crippen LogP contribution in [0.5, 0.6) is 0 Å². The molecule has 2 atom stereocenters. The molecule has 1 saturated carbocycles. The van der Waals surface area contributed by atoms with Crippen molar-refractivity contribution >= 4 is 23.6 Å². The molecule has 1 aliphatic heterocycles. The molecule has 2 fully saturated rings. The normalized spacial score (nSPS) is 21.6. The van der Waals surface area contributed by atoms with Crippen molar-refractivity contribution in [1.82, 2.24) is 4.90 Å². The SMILES string of the molecule is CCc1ccc(CC)c(C(=O)COC(=O)CN2C(=O)C3CCCCC3C2=O)c1. The molecule has 6 nitrogen and oxygen atoms in total. The first-order chi connectivity index (χ1) is 13.5. The van der Waals surface area contributed by atoms with Gasteiger partial charge < -0.3 is 4.74 Å². The molecule has 3 rings (SSSR count). The molecule has 2 aliphatic rings. The fourth-order valence-corrected chi connectivity index (χ4v) is 4.20. The van der Waals surface area contributed by atoms with Gasteiger partial charge in [0.1, 0.15) is 6.54 Å². The van der Waals surface area contributed by atoms with Crippen molar-refractivity contribution in [2.24, 2.45) is 11.8 Å². The van der Waals surface area contributed by atoms with Crippen molar-refractivity contribution in [3.8, 4) is 0 Å². The Labute approximate surface area is 165 Å². The fraction of sp³-hybridized carbons (Fsp3) is 0.545. The summed E-state index contributed by atoms with van der Waals surface area (Å²) in [5, 5.41) is 0. The van der Waals surface area contributed by atoms with Gasteiger partial charge in [0.15, 0.2) is 6.61 Å². The Morgan fingerprint density at radius 1 is 1.04 bits per heavy atom. The second-order valence-electron chi connectivity index (χ2n) is 7.54. The van der Waals surface area contributed by atoms with Gasteiger partial charge in [0.05, 0.1) is 11.8 Å². The van der Waals surface area contributed by atoms with Crippen LogP contribution in [0.25, 0.3) is 0 Å². The lowest BCUT2D eigenvalue weighted by Gasteiger charge is -2.19. The van der Waals surface area contributed by atoms with Crippen LogP contribution in [0.4, 0.5) is 0 Å². The van der Waals surface area contributed by atoms with Crippen molar-refractivity contribution in [1.29, 1.82) is 0 Å². The third-order valence-electron chi connectivity index (χ3n) is 5.85. The van der Waals surface area contributed by atoms with E-state index in [-0.39, 0.29) is 36.0 Å². The minimum absolute atomic E-state index is 0.270. The summed E-state index contributed by atoms with van der Waals surface area (Å²) in [7, 11) is 0. The lowest BCUT2D eigenvalue weighted by Crippen LogP contribution is -2.37. The molecule has 0 aromatic heterocycles. The van der Waals surface area contributed by atoms with Gasteiger partial charge in [-0.05, 0) is 42.9 Å². The molecule has 1 aromatic rings. The van der Waals surface area contributed by atoms with Crippen LogP contribution in [0.1, 0.15) is 61.0 Å². The number of carbonyl (C=O) groups is 4. The molecule has 1 aliphatic carbocycles. The number of hydrogen-bond acceptors (Lipinski definition) is 5. The first kappa shape index (κ1) is 20.2. The van der Waals surface area contributed by atoms with Crippen LogP contribution < -0.4 is 0 Å². The van der Waals surface area contributed by atoms with Crippen LogP contribution in [0, 0.1) is 11.8 Å². The van der Waals surface area contributed by atoms with Gasteiger partial charge in [-0.1, -0.05) is 38.8 Å². The number of aryl methyl sites for hydroxylation is 2. The summed E-state index contributed by atoms with van der Waals surface area (Å²) >= 11 is 0. The Kier molecular flexibility index (Phi) is 6.27. The van der Waals surface area contributed by atoms with Gasteiger partial charge in [-0.3, -0.25) is 24.1 Å². The van der Waals surface area contributed by atoms with E-state index in [1.54, 1.807) is 0 Å². The number of amides is 2. The minimum Gasteiger partial charge on any atom is -0.456 e. The maximum Gasteiger partial charge on any atom is 0.326 e. The van der Waals surface area contributed by atoms with Crippen molar-refractivity contribution in [3.63, 3.8) is 0 Å². The number of fused-ring (bicyclic) bond motifs is 1. The first-order valence-corrected chi connectivity index (χ1v) is 10.1. The lowest BCUT2D eigenvalue weighted by atomic mass is 9.81. The number of ether oxygens (including phenoxy) is 1. The fourth-order valence-electron chi connectivity index (χ4n) is 4.20. The van der Waals surface area contributed by atoms with E-state index in [1.165, 1.54) is 0 Å². The number of benzene rings is 1. The van der Waals surface area contributed by atoms with Gasteiger partial charge in [0, 0.05) is 5.56 Å². The molecule has 1 aromatic carbocycles. The Morgan fingerprint density at radius 3 is 2.25 bits per heavy atom. The molecule has 150 valence electrons. The number of rotatable bonds is 7. The Bertz CT molecular complexity index is 776. The maximum atomic E-state index is 12.5. The van der Waals surface area contributed by atoms with Crippen LogP contribution in [0.15, 0.2) is 18.2 Å². The molecule has 2 amide bonds. The van der Waals surface area contributed by atoms with E-state index in [0.717, 1.165) is 35.3 Å². The van der Waals surface area contributed by atoms with Gasteiger partial charge in [-0.15, -0.1) is 0 Å². The monoisotopic (exact) mass is 385 g/mol. The second-order valence-corrected chi connectivity index (χ2v) is 7.54. The van der Waals surface area contributed by atoms with Crippen molar-refractivity contribution < 1.29 is 23.9 Å². The van der Waals surface area contributed by atoms with Crippen molar-refractivity contribution in [2.75, 3.05) is 13.2 Å². The Balaban J connectivity index is 1.59. The van der Waals surface area contributed by atoms with E-state index in [9.17, 15) is 19.2 Å². The molecule has 0 bridgehead atoms. The quantitative estimate of drug-likeness (QED) is 0.410. The van der Waals surface area contributed by atoms with Gasteiger partial charge in [0.25, 0.3) is 0 Å². The molecule has 0 radical (unpaired) electrons. The smallest absolute Gasteiger partial charge is 0.326 e. The van der Waals surface area contributed by atoms with Gasteiger partial charge >= 0.3 is 5.97 Å².